The standard InChI is InChI=1S/C11H12ClN3O4/c1-14(2)6-13-9-5-8(12)10(15(17)18)4-7(9)11(16)19-3/h4-6H,1-3H3. The van der Waals surface area contributed by atoms with Gasteiger partial charge in [-0.3, -0.25) is 10.1 Å². The third-order valence-corrected chi connectivity index (χ3v) is 2.40. The van der Waals surface area contributed by atoms with Crippen LogP contribution in [0.5, 0.6) is 0 Å². The lowest BCUT2D eigenvalue weighted by molar-refractivity contribution is -0.384. The molecule has 0 bridgehead atoms. The van der Waals surface area contributed by atoms with E-state index in [1.807, 2.05) is 0 Å². The Balaban J connectivity index is 3.40. The number of nitrogens with zero attached hydrogens (tertiary/aromatic N) is 3. The molecule has 0 spiro atoms. The number of aliphatic imine (C=N–C) groups is 1. The number of hydrogen-bond acceptors (Lipinski definition) is 5. The van der Waals surface area contributed by atoms with Crippen molar-refractivity contribution in [3.05, 3.63) is 32.8 Å². The molecule has 0 amide bonds. The first-order valence-electron chi connectivity index (χ1n) is 5.13. The SMILES string of the molecule is COC(=O)c1cc([N+](=O)[O-])c(Cl)cc1N=CN(C)C. The van der Waals surface area contributed by atoms with Crippen molar-refractivity contribution in [3.63, 3.8) is 0 Å². The van der Waals surface area contributed by atoms with E-state index >= 15 is 0 Å². The molecule has 0 aliphatic carbocycles. The smallest absolute Gasteiger partial charge is 0.340 e. The van der Waals surface area contributed by atoms with Crippen molar-refractivity contribution in [2.24, 2.45) is 4.99 Å². The molecule has 0 atom stereocenters. The van der Waals surface area contributed by atoms with Gasteiger partial charge < -0.3 is 9.64 Å². The lowest BCUT2D eigenvalue weighted by Gasteiger charge is -2.07. The van der Waals surface area contributed by atoms with Gasteiger partial charge in [0, 0.05) is 20.2 Å². The number of carbonyl (C=O) groups is 1. The van der Waals surface area contributed by atoms with Crippen LogP contribution < -0.4 is 0 Å². The molecular formula is C11H12ClN3O4. The maximum absolute atomic E-state index is 11.6. The summed E-state index contributed by atoms with van der Waals surface area (Å²) in [5.41, 5.74) is -0.182. The first-order valence-corrected chi connectivity index (χ1v) is 5.51. The Hall–Kier alpha value is -2.15. The normalized spacial score (nSPS) is 10.5. The van der Waals surface area contributed by atoms with Crippen molar-refractivity contribution in [3.8, 4) is 0 Å². The van der Waals surface area contributed by atoms with E-state index in [4.69, 9.17) is 11.6 Å². The summed E-state index contributed by atoms with van der Waals surface area (Å²) in [6.45, 7) is 0. The highest BCUT2D eigenvalue weighted by atomic mass is 35.5. The Bertz CT molecular complexity index is 543. The molecule has 0 aliphatic rings. The van der Waals surface area contributed by atoms with Crippen LogP contribution in [0.3, 0.4) is 0 Å². The van der Waals surface area contributed by atoms with Crippen LogP contribution in [0, 0.1) is 10.1 Å². The third-order valence-electron chi connectivity index (χ3n) is 2.09. The Labute approximate surface area is 114 Å². The molecule has 7 nitrogen and oxygen atoms in total. The van der Waals surface area contributed by atoms with Crippen molar-refractivity contribution in [1.82, 2.24) is 4.90 Å². The highest BCUT2D eigenvalue weighted by Gasteiger charge is 2.21. The van der Waals surface area contributed by atoms with Crippen LogP contribution in [0.15, 0.2) is 17.1 Å². The minimum atomic E-state index is -0.717. The predicted molar refractivity (Wildman–Crippen MR) is 71.3 cm³/mol. The predicted octanol–water partition coefficient (Wildman–Crippen LogP) is 2.26. The molecule has 102 valence electrons. The molecule has 1 rings (SSSR count). The quantitative estimate of drug-likeness (QED) is 0.278. The van der Waals surface area contributed by atoms with Crippen molar-refractivity contribution in [2.75, 3.05) is 21.2 Å². The molecule has 19 heavy (non-hydrogen) atoms. The topological polar surface area (TPSA) is 85.0 Å². The molecule has 0 saturated carbocycles. The Morgan fingerprint density at radius 2 is 2.16 bits per heavy atom. The molecule has 8 heteroatoms. The monoisotopic (exact) mass is 285 g/mol. The number of halogens is 1. The number of carbonyl (C=O) groups excluding carboxylic acids is 1. The fraction of sp³-hybridized carbons (Fsp3) is 0.273. The first-order chi connectivity index (χ1) is 8.86. The lowest BCUT2D eigenvalue weighted by Crippen LogP contribution is -2.08. The Morgan fingerprint density at radius 3 is 2.63 bits per heavy atom. The van der Waals surface area contributed by atoms with Gasteiger partial charge in [0.25, 0.3) is 5.69 Å². The second kappa shape index (κ2) is 6.14. The van der Waals surface area contributed by atoms with Gasteiger partial charge in [-0.05, 0) is 6.07 Å². The number of benzene rings is 1. The fourth-order valence-electron chi connectivity index (χ4n) is 1.25. The highest BCUT2D eigenvalue weighted by molar-refractivity contribution is 6.33. The van der Waals surface area contributed by atoms with E-state index in [1.54, 1.807) is 19.0 Å². The van der Waals surface area contributed by atoms with Gasteiger partial charge in [0.15, 0.2) is 0 Å². The minimum absolute atomic E-state index is 0.0169. The van der Waals surface area contributed by atoms with E-state index in [9.17, 15) is 14.9 Å². The number of nitro benzene ring substituents is 1. The van der Waals surface area contributed by atoms with E-state index in [-0.39, 0.29) is 22.0 Å². The summed E-state index contributed by atoms with van der Waals surface area (Å²) < 4.78 is 4.57. The van der Waals surface area contributed by atoms with Gasteiger partial charge in [-0.15, -0.1) is 0 Å². The number of methoxy groups -OCH3 is 1. The van der Waals surface area contributed by atoms with E-state index in [0.29, 0.717) is 0 Å². The zero-order valence-electron chi connectivity index (χ0n) is 10.6. The van der Waals surface area contributed by atoms with E-state index < -0.39 is 10.9 Å². The van der Waals surface area contributed by atoms with Crippen LogP contribution >= 0.6 is 11.6 Å². The van der Waals surface area contributed by atoms with Gasteiger partial charge >= 0.3 is 5.97 Å². The number of esters is 1. The minimum Gasteiger partial charge on any atom is -0.465 e. The summed E-state index contributed by atoms with van der Waals surface area (Å²) in [5, 5.41) is 10.7. The maximum Gasteiger partial charge on any atom is 0.340 e. The molecule has 0 aliphatic heterocycles. The summed E-state index contributed by atoms with van der Waals surface area (Å²) in [6, 6.07) is 2.31. The number of nitro groups is 1. The largest absolute Gasteiger partial charge is 0.465 e. The van der Waals surface area contributed by atoms with Gasteiger partial charge in [0.05, 0.1) is 29.6 Å². The molecule has 0 aromatic heterocycles. The number of hydrogen-bond donors (Lipinski definition) is 0. The fourth-order valence-corrected chi connectivity index (χ4v) is 1.48. The average molecular weight is 286 g/mol. The van der Waals surface area contributed by atoms with Crippen molar-refractivity contribution in [1.29, 1.82) is 0 Å². The van der Waals surface area contributed by atoms with Crippen LogP contribution in [0.2, 0.25) is 5.02 Å². The zero-order valence-corrected chi connectivity index (χ0v) is 11.3. The summed E-state index contributed by atoms with van der Waals surface area (Å²) in [7, 11) is 4.67. The van der Waals surface area contributed by atoms with E-state index in [1.165, 1.54) is 19.5 Å². The molecule has 0 radical (unpaired) electrons. The highest BCUT2D eigenvalue weighted by Crippen LogP contribution is 2.32. The van der Waals surface area contributed by atoms with E-state index in [0.717, 1.165) is 6.07 Å². The second-order valence-corrected chi connectivity index (χ2v) is 4.18. The van der Waals surface area contributed by atoms with Gasteiger partial charge in [0.2, 0.25) is 0 Å². The van der Waals surface area contributed by atoms with Crippen molar-refractivity contribution < 1.29 is 14.5 Å². The molecule has 0 saturated heterocycles. The van der Waals surface area contributed by atoms with E-state index in [2.05, 4.69) is 9.73 Å². The molecule has 0 unspecified atom stereocenters. The van der Waals surface area contributed by atoms with Gasteiger partial charge in [-0.25, -0.2) is 9.79 Å². The first kappa shape index (κ1) is 14.9. The second-order valence-electron chi connectivity index (χ2n) is 3.78. The molecule has 0 heterocycles. The summed E-state index contributed by atoms with van der Waals surface area (Å²) in [6.07, 6.45) is 1.45. The van der Waals surface area contributed by atoms with Gasteiger partial charge in [0.1, 0.15) is 5.02 Å². The molecule has 1 aromatic rings. The molecular weight excluding hydrogens is 274 g/mol. The van der Waals surface area contributed by atoms with Crippen LogP contribution in [-0.2, 0) is 4.74 Å². The lowest BCUT2D eigenvalue weighted by atomic mass is 10.1. The third kappa shape index (κ3) is 3.65. The molecule has 0 fully saturated rings. The van der Waals surface area contributed by atoms with Crippen molar-refractivity contribution in [2.45, 2.75) is 0 Å². The molecule has 1 aromatic carbocycles. The molecule has 0 N–H and O–H groups in total. The maximum atomic E-state index is 11.6. The van der Waals surface area contributed by atoms with Crippen molar-refractivity contribution >= 4 is 35.3 Å². The van der Waals surface area contributed by atoms with Crippen LogP contribution in [0.25, 0.3) is 0 Å². The Morgan fingerprint density at radius 1 is 1.53 bits per heavy atom. The van der Waals surface area contributed by atoms with Gasteiger partial charge in [-0.1, -0.05) is 11.6 Å². The summed E-state index contributed by atoms with van der Waals surface area (Å²) >= 11 is 5.78. The Kier molecular flexibility index (Phi) is 4.82. The summed E-state index contributed by atoms with van der Waals surface area (Å²) in [5.74, 6) is -0.717. The average Bonchev–Trinajstić information content (AvgIpc) is 2.34. The number of rotatable bonds is 4. The zero-order chi connectivity index (χ0) is 14.6. The van der Waals surface area contributed by atoms with Crippen LogP contribution in [0.1, 0.15) is 10.4 Å². The van der Waals surface area contributed by atoms with Gasteiger partial charge in [-0.2, -0.15) is 0 Å². The summed E-state index contributed by atoms with van der Waals surface area (Å²) in [4.78, 5) is 27.4. The number of ether oxygens (including phenoxy) is 1. The van der Waals surface area contributed by atoms with Crippen LogP contribution in [-0.4, -0.2) is 43.3 Å². The van der Waals surface area contributed by atoms with Crippen LogP contribution in [0.4, 0.5) is 11.4 Å².